The number of amides is 1. The monoisotopic (exact) mass is 460 g/mol. The van der Waals surface area contributed by atoms with Crippen LogP contribution in [0.5, 0.6) is 0 Å². The Hall–Kier alpha value is -3.51. The van der Waals surface area contributed by atoms with E-state index in [9.17, 15) is 18.5 Å². The highest BCUT2D eigenvalue weighted by molar-refractivity contribution is 7.89. The molecule has 4 rings (SSSR count). The predicted octanol–water partition coefficient (Wildman–Crippen LogP) is 2.57. The molecule has 1 saturated heterocycles. The van der Waals surface area contributed by atoms with Crippen LogP contribution in [0.1, 0.15) is 22.6 Å². The number of hydrogen-bond donors (Lipinski definition) is 2. The van der Waals surface area contributed by atoms with Gasteiger partial charge in [0.05, 0.1) is 22.4 Å². The van der Waals surface area contributed by atoms with Crippen molar-refractivity contribution in [2.45, 2.75) is 17.4 Å². The third-order valence-corrected chi connectivity index (χ3v) is 7.00. The molecule has 1 aliphatic rings. The lowest BCUT2D eigenvalue weighted by atomic mass is 9.88. The van der Waals surface area contributed by atoms with Gasteiger partial charge in [0.2, 0.25) is 15.9 Å². The second-order valence-electron chi connectivity index (χ2n) is 8.29. The van der Waals surface area contributed by atoms with E-state index in [0.29, 0.717) is 30.8 Å². The lowest BCUT2D eigenvalue weighted by Gasteiger charge is -2.18. The maximum atomic E-state index is 12.3. The second-order valence-corrected chi connectivity index (χ2v) is 9.82. The molecule has 2 atom stereocenters. The standard InChI is InChI=1S/C25H24N4O3S/c26-13-17-5-4-8-20(11-17)22-15-29(16-23(22)25(27)30)14-18-9-10-21(19-6-2-1-3-7-19)24(12-18)33(28,31)32/h1-12,22-23H,14-16H2,(H2,27,30)(H2,28,31,32)/t22-,23+/m1/s1. The van der Waals surface area contributed by atoms with E-state index >= 15 is 0 Å². The van der Waals surface area contributed by atoms with Gasteiger partial charge in [0, 0.05) is 31.1 Å². The van der Waals surface area contributed by atoms with Gasteiger partial charge in [-0.15, -0.1) is 0 Å². The molecule has 0 saturated carbocycles. The third kappa shape index (κ3) is 4.96. The quantitative estimate of drug-likeness (QED) is 0.584. The van der Waals surface area contributed by atoms with E-state index in [-0.39, 0.29) is 10.8 Å². The Balaban J connectivity index is 1.62. The van der Waals surface area contributed by atoms with Crippen molar-refractivity contribution in [1.82, 2.24) is 4.90 Å². The number of sulfonamides is 1. The Bertz CT molecular complexity index is 1330. The molecule has 1 aliphatic heterocycles. The van der Waals surface area contributed by atoms with Crippen molar-refractivity contribution < 1.29 is 13.2 Å². The highest BCUT2D eigenvalue weighted by Crippen LogP contribution is 2.34. The summed E-state index contributed by atoms with van der Waals surface area (Å²) in [5, 5.41) is 14.7. The molecule has 0 aliphatic carbocycles. The van der Waals surface area contributed by atoms with Gasteiger partial charge in [-0.3, -0.25) is 9.69 Å². The summed E-state index contributed by atoms with van der Waals surface area (Å²) in [5.74, 6) is -0.938. The number of carbonyl (C=O) groups excluding carboxylic acids is 1. The molecule has 0 aromatic heterocycles. The first kappa shape index (κ1) is 22.7. The highest BCUT2D eigenvalue weighted by atomic mass is 32.2. The first-order valence-electron chi connectivity index (χ1n) is 10.5. The van der Waals surface area contributed by atoms with Crippen LogP contribution < -0.4 is 10.9 Å². The van der Waals surface area contributed by atoms with Crippen molar-refractivity contribution in [3.8, 4) is 17.2 Å². The molecule has 33 heavy (non-hydrogen) atoms. The number of primary amides is 1. The molecule has 0 spiro atoms. The van der Waals surface area contributed by atoms with Gasteiger partial charge in [-0.1, -0.05) is 54.6 Å². The smallest absolute Gasteiger partial charge is 0.238 e. The molecule has 1 fully saturated rings. The van der Waals surface area contributed by atoms with Crippen LogP contribution in [0, 0.1) is 17.2 Å². The van der Waals surface area contributed by atoms with Gasteiger partial charge in [0.15, 0.2) is 0 Å². The van der Waals surface area contributed by atoms with Gasteiger partial charge in [-0.05, 0) is 34.9 Å². The van der Waals surface area contributed by atoms with Crippen molar-refractivity contribution in [1.29, 1.82) is 5.26 Å². The summed E-state index contributed by atoms with van der Waals surface area (Å²) in [5.41, 5.74) is 9.20. The number of hydrogen-bond acceptors (Lipinski definition) is 5. The van der Waals surface area contributed by atoms with Gasteiger partial charge >= 0.3 is 0 Å². The Labute approximate surface area is 193 Å². The average Bonchev–Trinajstić information content (AvgIpc) is 3.23. The van der Waals surface area contributed by atoms with Crippen LogP contribution in [0.25, 0.3) is 11.1 Å². The lowest BCUT2D eigenvalue weighted by molar-refractivity contribution is -0.121. The minimum Gasteiger partial charge on any atom is -0.369 e. The number of rotatable bonds is 6. The van der Waals surface area contributed by atoms with Crippen molar-refractivity contribution in [3.05, 3.63) is 89.5 Å². The maximum absolute atomic E-state index is 12.3. The summed E-state index contributed by atoms with van der Waals surface area (Å²) in [6, 6.07) is 23.8. The molecular formula is C25H24N4O3S. The SMILES string of the molecule is N#Cc1cccc([C@H]2CN(Cc3ccc(-c4ccccc4)c(S(N)(=O)=O)c3)C[C@@H]2C(N)=O)c1. The van der Waals surface area contributed by atoms with E-state index in [2.05, 4.69) is 11.0 Å². The summed E-state index contributed by atoms with van der Waals surface area (Å²) in [6.07, 6.45) is 0. The molecule has 8 heteroatoms. The molecule has 3 aromatic carbocycles. The fourth-order valence-corrected chi connectivity index (χ4v) is 5.30. The van der Waals surface area contributed by atoms with Crippen LogP contribution in [-0.2, 0) is 21.4 Å². The van der Waals surface area contributed by atoms with E-state index in [1.807, 2.05) is 42.5 Å². The number of likely N-dealkylation sites (tertiary alicyclic amines) is 1. The molecule has 0 radical (unpaired) electrons. The number of carbonyl (C=O) groups is 1. The Morgan fingerprint density at radius 3 is 2.45 bits per heavy atom. The van der Waals surface area contributed by atoms with E-state index < -0.39 is 21.8 Å². The number of nitriles is 1. The highest BCUT2D eigenvalue weighted by Gasteiger charge is 2.37. The summed E-state index contributed by atoms with van der Waals surface area (Å²) in [6.45, 7) is 1.45. The molecule has 1 amide bonds. The minimum absolute atomic E-state index is 0.0649. The van der Waals surface area contributed by atoms with Crippen LogP contribution in [0.2, 0.25) is 0 Å². The molecule has 1 heterocycles. The van der Waals surface area contributed by atoms with Gasteiger partial charge in [-0.2, -0.15) is 5.26 Å². The molecule has 3 aromatic rings. The Morgan fingerprint density at radius 2 is 1.79 bits per heavy atom. The van der Waals surface area contributed by atoms with E-state index in [1.165, 1.54) is 0 Å². The zero-order chi connectivity index (χ0) is 23.6. The Kier molecular flexibility index (Phi) is 6.29. The zero-order valence-corrected chi connectivity index (χ0v) is 18.7. The number of benzene rings is 3. The summed E-state index contributed by atoms with van der Waals surface area (Å²) in [4.78, 5) is 14.3. The van der Waals surface area contributed by atoms with Crippen molar-refractivity contribution in [2.24, 2.45) is 16.8 Å². The van der Waals surface area contributed by atoms with Gasteiger partial charge in [-0.25, -0.2) is 13.6 Å². The number of primary sulfonamides is 1. The molecular weight excluding hydrogens is 436 g/mol. The topological polar surface area (TPSA) is 130 Å². The van der Waals surface area contributed by atoms with Gasteiger partial charge in [0.25, 0.3) is 0 Å². The Morgan fingerprint density at radius 1 is 1.03 bits per heavy atom. The van der Waals surface area contributed by atoms with Gasteiger partial charge in [0.1, 0.15) is 0 Å². The van der Waals surface area contributed by atoms with Crippen molar-refractivity contribution >= 4 is 15.9 Å². The summed E-state index contributed by atoms with van der Waals surface area (Å²) in [7, 11) is -3.95. The normalized spacial score (nSPS) is 18.7. The third-order valence-electron chi connectivity index (χ3n) is 6.05. The minimum atomic E-state index is -3.95. The second kappa shape index (κ2) is 9.16. The zero-order valence-electron chi connectivity index (χ0n) is 17.9. The average molecular weight is 461 g/mol. The predicted molar refractivity (Wildman–Crippen MR) is 125 cm³/mol. The van der Waals surface area contributed by atoms with Crippen LogP contribution >= 0.6 is 0 Å². The number of nitrogens with two attached hydrogens (primary N) is 2. The van der Waals surface area contributed by atoms with Crippen LogP contribution in [-0.4, -0.2) is 32.3 Å². The molecule has 168 valence electrons. The van der Waals surface area contributed by atoms with Crippen molar-refractivity contribution in [2.75, 3.05) is 13.1 Å². The lowest BCUT2D eigenvalue weighted by Crippen LogP contribution is -2.29. The van der Waals surface area contributed by atoms with Crippen LogP contribution in [0.4, 0.5) is 0 Å². The van der Waals surface area contributed by atoms with Gasteiger partial charge < -0.3 is 5.73 Å². The van der Waals surface area contributed by atoms with E-state index in [0.717, 1.165) is 16.7 Å². The summed E-state index contributed by atoms with van der Waals surface area (Å²) < 4.78 is 24.7. The largest absolute Gasteiger partial charge is 0.369 e. The maximum Gasteiger partial charge on any atom is 0.238 e. The number of nitrogens with zero attached hydrogens (tertiary/aromatic N) is 2. The molecule has 7 nitrogen and oxygen atoms in total. The van der Waals surface area contributed by atoms with Crippen LogP contribution in [0.3, 0.4) is 0 Å². The fraction of sp³-hybridized carbons (Fsp3) is 0.200. The molecule has 0 bridgehead atoms. The van der Waals surface area contributed by atoms with E-state index in [1.54, 1.807) is 30.3 Å². The van der Waals surface area contributed by atoms with E-state index in [4.69, 9.17) is 10.9 Å². The van der Waals surface area contributed by atoms with Crippen molar-refractivity contribution in [3.63, 3.8) is 0 Å². The first-order chi connectivity index (χ1) is 15.8. The fourth-order valence-electron chi connectivity index (χ4n) is 4.49. The molecule has 4 N–H and O–H groups in total. The first-order valence-corrected chi connectivity index (χ1v) is 12.0. The summed E-state index contributed by atoms with van der Waals surface area (Å²) >= 11 is 0. The molecule has 0 unspecified atom stereocenters. The van der Waals surface area contributed by atoms with Crippen LogP contribution in [0.15, 0.2) is 77.7 Å².